The van der Waals surface area contributed by atoms with E-state index in [-0.39, 0.29) is 18.2 Å². The van der Waals surface area contributed by atoms with Gasteiger partial charge in [0.25, 0.3) is 0 Å². The summed E-state index contributed by atoms with van der Waals surface area (Å²) in [5.41, 5.74) is 1.92. The normalized spacial score (nSPS) is 10.4. The van der Waals surface area contributed by atoms with Crippen LogP contribution < -0.4 is 4.74 Å². The van der Waals surface area contributed by atoms with E-state index in [1.165, 1.54) is 6.07 Å². The van der Waals surface area contributed by atoms with Crippen LogP contribution in [0.3, 0.4) is 0 Å². The highest BCUT2D eigenvalue weighted by molar-refractivity contribution is 9.10. The van der Waals surface area contributed by atoms with Gasteiger partial charge in [-0.15, -0.1) is 0 Å². The smallest absolute Gasteiger partial charge is 0.165 e. The van der Waals surface area contributed by atoms with E-state index in [9.17, 15) is 4.39 Å². The summed E-state index contributed by atoms with van der Waals surface area (Å²) in [5, 5.41) is 0.630. The largest absolute Gasteiger partial charge is 0.486 e. The molecule has 0 aromatic heterocycles. The van der Waals surface area contributed by atoms with Gasteiger partial charge >= 0.3 is 0 Å². The third kappa shape index (κ3) is 3.24. The Hall–Kier alpha value is -1.06. The van der Waals surface area contributed by atoms with Gasteiger partial charge in [0.05, 0.1) is 0 Å². The molecule has 0 aliphatic carbocycles. The van der Waals surface area contributed by atoms with Crippen LogP contribution in [-0.2, 0) is 6.61 Å². The fraction of sp³-hybridized carbons (Fsp3) is 0.143. The van der Waals surface area contributed by atoms with Gasteiger partial charge in [0.2, 0.25) is 0 Å². The molecule has 4 heteroatoms. The molecule has 0 amide bonds. The van der Waals surface area contributed by atoms with Crippen molar-refractivity contribution in [1.29, 1.82) is 0 Å². The zero-order valence-corrected chi connectivity index (χ0v) is 12.1. The molecule has 0 aliphatic rings. The van der Waals surface area contributed by atoms with E-state index in [0.717, 1.165) is 15.6 Å². The van der Waals surface area contributed by atoms with Crippen molar-refractivity contribution in [2.75, 3.05) is 0 Å². The second-order valence-electron chi connectivity index (χ2n) is 3.96. The highest BCUT2D eigenvalue weighted by Crippen LogP contribution is 2.25. The number of aryl methyl sites for hydroxylation is 1. The van der Waals surface area contributed by atoms with E-state index in [1.54, 1.807) is 12.1 Å². The highest BCUT2D eigenvalue weighted by Gasteiger charge is 2.06. The summed E-state index contributed by atoms with van der Waals surface area (Å²) in [6, 6.07) is 10.3. The minimum Gasteiger partial charge on any atom is -0.486 e. The first-order chi connectivity index (χ1) is 8.56. The van der Waals surface area contributed by atoms with E-state index in [1.807, 2.05) is 25.1 Å². The first-order valence-corrected chi connectivity index (χ1v) is 6.56. The van der Waals surface area contributed by atoms with Crippen molar-refractivity contribution in [3.8, 4) is 5.75 Å². The standard InChI is InChI=1S/C14H11BrClFO/c1-9-2-3-10(12(16)6-9)8-18-14-7-11(15)4-5-13(14)17/h2-7H,8H2,1H3. The first-order valence-electron chi connectivity index (χ1n) is 5.39. The lowest BCUT2D eigenvalue weighted by molar-refractivity contribution is 0.290. The molecule has 2 rings (SSSR count). The molecule has 1 nitrogen and oxygen atoms in total. The van der Waals surface area contributed by atoms with Crippen molar-refractivity contribution in [2.24, 2.45) is 0 Å². The minimum atomic E-state index is -0.388. The van der Waals surface area contributed by atoms with Crippen LogP contribution in [0.25, 0.3) is 0 Å². The van der Waals surface area contributed by atoms with Gasteiger partial charge in [-0.05, 0) is 36.8 Å². The second-order valence-corrected chi connectivity index (χ2v) is 5.28. The molecule has 0 heterocycles. The predicted octanol–water partition coefficient (Wildman–Crippen LogP) is 5.13. The maximum atomic E-state index is 13.5. The summed E-state index contributed by atoms with van der Waals surface area (Å²) in [6.07, 6.45) is 0. The molecule has 18 heavy (non-hydrogen) atoms. The van der Waals surface area contributed by atoms with Gasteiger partial charge in [-0.2, -0.15) is 0 Å². The number of benzene rings is 2. The molecule has 2 aromatic rings. The van der Waals surface area contributed by atoms with Gasteiger partial charge in [0.15, 0.2) is 11.6 Å². The summed E-state index contributed by atoms with van der Waals surface area (Å²) in [5.74, 6) is -0.178. The van der Waals surface area contributed by atoms with Crippen molar-refractivity contribution in [2.45, 2.75) is 13.5 Å². The Balaban J connectivity index is 2.13. The highest BCUT2D eigenvalue weighted by atomic mass is 79.9. The number of hydrogen-bond acceptors (Lipinski definition) is 1. The summed E-state index contributed by atoms with van der Waals surface area (Å²) in [4.78, 5) is 0. The second kappa shape index (κ2) is 5.72. The summed E-state index contributed by atoms with van der Waals surface area (Å²) in [6.45, 7) is 2.21. The lowest BCUT2D eigenvalue weighted by atomic mass is 10.1. The van der Waals surface area contributed by atoms with Crippen LogP contribution in [0, 0.1) is 12.7 Å². The molecule has 0 unspecified atom stereocenters. The van der Waals surface area contributed by atoms with Crippen molar-refractivity contribution in [1.82, 2.24) is 0 Å². The van der Waals surface area contributed by atoms with Gasteiger partial charge < -0.3 is 4.74 Å². The SMILES string of the molecule is Cc1ccc(COc2cc(Br)ccc2F)c(Cl)c1. The van der Waals surface area contributed by atoms with Crippen molar-refractivity contribution in [3.63, 3.8) is 0 Å². The van der Waals surface area contributed by atoms with Crippen LogP contribution in [0.15, 0.2) is 40.9 Å². The maximum Gasteiger partial charge on any atom is 0.165 e. The fourth-order valence-corrected chi connectivity index (χ4v) is 2.14. The molecule has 0 spiro atoms. The van der Waals surface area contributed by atoms with Gasteiger partial charge in [0, 0.05) is 15.1 Å². The molecule has 0 N–H and O–H groups in total. The monoisotopic (exact) mass is 328 g/mol. The Morgan fingerprint density at radius 3 is 2.72 bits per heavy atom. The number of halogens is 3. The van der Waals surface area contributed by atoms with Crippen LogP contribution in [0.5, 0.6) is 5.75 Å². The first kappa shape index (κ1) is 13.4. The molecule has 0 fully saturated rings. The van der Waals surface area contributed by atoms with Gasteiger partial charge in [0.1, 0.15) is 6.61 Å². The van der Waals surface area contributed by atoms with Crippen molar-refractivity contribution in [3.05, 3.63) is 62.8 Å². The molecular formula is C14H11BrClFO. The van der Waals surface area contributed by atoms with E-state index < -0.39 is 0 Å². The molecule has 2 aromatic carbocycles. The minimum absolute atomic E-state index is 0.209. The van der Waals surface area contributed by atoms with Crippen LogP contribution in [0.2, 0.25) is 5.02 Å². The third-order valence-corrected chi connectivity index (χ3v) is 3.33. The quantitative estimate of drug-likeness (QED) is 0.758. The van der Waals surface area contributed by atoms with Crippen molar-refractivity contribution >= 4 is 27.5 Å². The van der Waals surface area contributed by atoms with Gasteiger partial charge in [-0.1, -0.05) is 39.7 Å². The summed E-state index contributed by atoms with van der Waals surface area (Å²) >= 11 is 9.36. The molecule has 0 atom stereocenters. The van der Waals surface area contributed by atoms with Gasteiger partial charge in [-0.25, -0.2) is 4.39 Å². The van der Waals surface area contributed by atoms with Gasteiger partial charge in [-0.3, -0.25) is 0 Å². The van der Waals surface area contributed by atoms with Crippen molar-refractivity contribution < 1.29 is 9.13 Å². The Bertz CT molecular complexity index is 572. The summed E-state index contributed by atoms with van der Waals surface area (Å²) < 4.78 is 19.7. The average molecular weight is 330 g/mol. The topological polar surface area (TPSA) is 9.23 Å². The van der Waals surface area contributed by atoms with Crippen LogP contribution in [0.4, 0.5) is 4.39 Å². The molecule has 0 radical (unpaired) electrons. The van der Waals surface area contributed by atoms with Crippen LogP contribution >= 0.6 is 27.5 Å². The van der Waals surface area contributed by atoms with E-state index >= 15 is 0 Å². The lowest BCUT2D eigenvalue weighted by Crippen LogP contribution is -1.98. The third-order valence-electron chi connectivity index (χ3n) is 2.48. The number of rotatable bonds is 3. The fourth-order valence-electron chi connectivity index (χ4n) is 1.51. The van der Waals surface area contributed by atoms with E-state index in [4.69, 9.17) is 16.3 Å². The molecule has 0 saturated heterocycles. The van der Waals surface area contributed by atoms with Crippen LogP contribution in [0.1, 0.15) is 11.1 Å². The number of hydrogen-bond donors (Lipinski definition) is 0. The Kier molecular flexibility index (Phi) is 4.25. The van der Waals surface area contributed by atoms with E-state index in [2.05, 4.69) is 15.9 Å². The molecule has 94 valence electrons. The van der Waals surface area contributed by atoms with Crippen LogP contribution in [-0.4, -0.2) is 0 Å². The van der Waals surface area contributed by atoms with E-state index in [0.29, 0.717) is 5.02 Å². The Morgan fingerprint density at radius 2 is 2.00 bits per heavy atom. The maximum absolute atomic E-state index is 13.5. The number of ether oxygens (including phenoxy) is 1. The summed E-state index contributed by atoms with van der Waals surface area (Å²) in [7, 11) is 0. The molecule has 0 aliphatic heterocycles. The lowest BCUT2D eigenvalue weighted by Gasteiger charge is -2.09. The molecule has 0 bridgehead atoms. The Morgan fingerprint density at radius 1 is 1.22 bits per heavy atom. The Labute approximate surface area is 119 Å². The predicted molar refractivity (Wildman–Crippen MR) is 74.6 cm³/mol. The zero-order chi connectivity index (χ0) is 13.1. The molecule has 0 saturated carbocycles. The average Bonchev–Trinajstić information content (AvgIpc) is 2.32. The molecular weight excluding hydrogens is 319 g/mol. The zero-order valence-electron chi connectivity index (χ0n) is 9.71.